The summed E-state index contributed by atoms with van der Waals surface area (Å²) < 4.78 is 14.3. The predicted molar refractivity (Wildman–Crippen MR) is 76.4 cm³/mol. The van der Waals surface area contributed by atoms with Crippen molar-refractivity contribution in [2.45, 2.75) is 6.54 Å². The van der Waals surface area contributed by atoms with Gasteiger partial charge in [0.1, 0.15) is 5.82 Å². The van der Waals surface area contributed by atoms with E-state index in [-0.39, 0.29) is 5.56 Å². The molecule has 0 bridgehead atoms. The molecule has 1 amide bonds. The Morgan fingerprint density at radius 2 is 2.00 bits per heavy atom. The number of benzene rings is 2. The number of primary amides is 1. The maximum absolute atomic E-state index is 13.3. The van der Waals surface area contributed by atoms with E-state index in [0.29, 0.717) is 12.2 Å². The van der Waals surface area contributed by atoms with Crippen LogP contribution < -0.4 is 11.1 Å². The maximum Gasteiger partial charge on any atom is 0.251 e. The van der Waals surface area contributed by atoms with Crippen molar-refractivity contribution in [1.82, 2.24) is 0 Å². The van der Waals surface area contributed by atoms with Crippen molar-refractivity contribution in [1.29, 1.82) is 0 Å². The summed E-state index contributed by atoms with van der Waals surface area (Å²) in [5.74, 6) is -1.39. The van der Waals surface area contributed by atoms with Gasteiger partial charge in [-0.1, -0.05) is 34.1 Å². The van der Waals surface area contributed by atoms with Crippen LogP contribution in [-0.4, -0.2) is 5.91 Å². The summed E-state index contributed by atoms with van der Waals surface area (Å²) in [5.41, 5.74) is 6.69. The van der Waals surface area contributed by atoms with E-state index >= 15 is 0 Å². The zero-order chi connectivity index (χ0) is 13.8. The Morgan fingerprint density at radius 3 is 2.68 bits per heavy atom. The molecule has 19 heavy (non-hydrogen) atoms. The quantitative estimate of drug-likeness (QED) is 0.907. The van der Waals surface area contributed by atoms with Crippen molar-refractivity contribution >= 4 is 27.5 Å². The minimum absolute atomic E-state index is 0.114. The highest BCUT2D eigenvalue weighted by molar-refractivity contribution is 9.10. The second kappa shape index (κ2) is 5.84. The number of halogens is 2. The standard InChI is InChI=1S/C14H12BrFN2O/c15-12-4-2-1-3-9(12)8-18-10-5-6-13(16)11(7-10)14(17)19/h1-7,18H,8H2,(H2,17,19). The number of amides is 1. The normalized spacial score (nSPS) is 10.2. The lowest BCUT2D eigenvalue weighted by Gasteiger charge is -2.09. The van der Waals surface area contributed by atoms with Gasteiger partial charge < -0.3 is 11.1 Å². The van der Waals surface area contributed by atoms with Gasteiger partial charge in [-0.2, -0.15) is 0 Å². The molecule has 0 heterocycles. The Kier molecular flexibility index (Phi) is 4.16. The summed E-state index contributed by atoms with van der Waals surface area (Å²) in [5, 5.41) is 3.12. The fraction of sp³-hybridized carbons (Fsp3) is 0.0714. The van der Waals surface area contributed by atoms with Crippen molar-refractivity contribution in [2.24, 2.45) is 5.73 Å². The molecule has 2 rings (SSSR count). The number of carbonyl (C=O) groups is 1. The van der Waals surface area contributed by atoms with Gasteiger partial charge in [-0.3, -0.25) is 4.79 Å². The van der Waals surface area contributed by atoms with Crippen LogP contribution in [-0.2, 0) is 6.54 Å². The summed E-state index contributed by atoms with van der Waals surface area (Å²) in [4.78, 5) is 11.0. The molecule has 98 valence electrons. The van der Waals surface area contributed by atoms with Crippen LogP contribution in [0.1, 0.15) is 15.9 Å². The zero-order valence-electron chi connectivity index (χ0n) is 9.99. The highest BCUT2D eigenvalue weighted by atomic mass is 79.9. The fourth-order valence-electron chi connectivity index (χ4n) is 1.66. The molecule has 0 saturated heterocycles. The van der Waals surface area contributed by atoms with E-state index in [2.05, 4.69) is 21.2 Å². The van der Waals surface area contributed by atoms with Crippen molar-refractivity contribution in [3.63, 3.8) is 0 Å². The van der Waals surface area contributed by atoms with Crippen LogP contribution in [0.15, 0.2) is 46.9 Å². The van der Waals surface area contributed by atoms with Gasteiger partial charge in [-0.25, -0.2) is 4.39 Å². The third-order valence-corrected chi connectivity index (χ3v) is 3.45. The van der Waals surface area contributed by atoms with Gasteiger partial charge in [-0.05, 0) is 29.8 Å². The first kappa shape index (κ1) is 13.5. The van der Waals surface area contributed by atoms with Crippen molar-refractivity contribution in [3.8, 4) is 0 Å². The molecule has 0 aliphatic carbocycles. The SMILES string of the molecule is NC(=O)c1cc(NCc2ccccc2Br)ccc1F. The number of nitrogens with two attached hydrogens (primary N) is 1. The van der Waals surface area contributed by atoms with Gasteiger partial charge >= 0.3 is 0 Å². The molecule has 0 fully saturated rings. The van der Waals surface area contributed by atoms with E-state index in [1.807, 2.05) is 24.3 Å². The average molecular weight is 323 g/mol. The lowest BCUT2D eigenvalue weighted by atomic mass is 10.1. The Hall–Kier alpha value is -1.88. The van der Waals surface area contributed by atoms with Crippen LogP contribution in [0.3, 0.4) is 0 Å². The highest BCUT2D eigenvalue weighted by Gasteiger charge is 2.09. The molecule has 5 heteroatoms. The third-order valence-electron chi connectivity index (χ3n) is 2.67. The van der Waals surface area contributed by atoms with Gasteiger partial charge in [0, 0.05) is 16.7 Å². The van der Waals surface area contributed by atoms with Gasteiger partial charge in [0.05, 0.1) is 5.56 Å². The van der Waals surface area contributed by atoms with E-state index in [1.54, 1.807) is 6.07 Å². The molecular formula is C14H12BrFN2O. The minimum atomic E-state index is -0.776. The molecule has 0 aliphatic heterocycles. The first-order valence-electron chi connectivity index (χ1n) is 5.64. The largest absolute Gasteiger partial charge is 0.381 e. The summed E-state index contributed by atoms with van der Waals surface area (Å²) in [6, 6.07) is 12.0. The highest BCUT2D eigenvalue weighted by Crippen LogP contribution is 2.19. The molecule has 2 aromatic carbocycles. The summed E-state index contributed by atoms with van der Waals surface area (Å²) in [6.07, 6.45) is 0. The monoisotopic (exact) mass is 322 g/mol. The van der Waals surface area contributed by atoms with Crippen LogP contribution in [0.25, 0.3) is 0 Å². The van der Waals surface area contributed by atoms with Gasteiger partial charge in [0.25, 0.3) is 5.91 Å². The molecular weight excluding hydrogens is 311 g/mol. The van der Waals surface area contributed by atoms with Crippen LogP contribution in [0.5, 0.6) is 0 Å². The van der Waals surface area contributed by atoms with Crippen LogP contribution in [0, 0.1) is 5.82 Å². The molecule has 0 unspecified atom stereocenters. The second-order valence-corrected chi connectivity index (χ2v) is 4.86. The predicted octanol–water partition coefficient (Wildman–Crippen LogP) is 3.30. The fourth-order valence-corrected chi connectivity index (χ4v) is 2.09. The lowest BCUT2D eigenvalue weighted by Crippen LogP contribution is -2.13. The lowest BCUT2D eigenvalue weighted by molar-refractivity contribution is 0.0996. The first-order chi connectivity index (χ1) is 9.08. The van der Waals surface area contributed by atoms with Gasteiger partial charge in [-0.15, -0.1) is 0 Å². The Balaban J connectivity index is 2.14. The van der Waals surface area contributed by atoms with E-state index in [9.17, 15) is 9.18 Å². The number of hydrogen-bond donors (Lipinski definition) is 2. The Labute approximate surface area is 118 Å². The molecule has 0 spiro atoms. The van der Waals surface area contributed by atoms with Gasteiger partial charge in [0.2, 0.25) is 0 Å². The number of carbonyl (C=O) groups excluding carboxylic acids is 1. The Bertz CT molecular complexity index is 616. The molecule has 2 aromatic rings. The molecule has 0 atom stereocenters. The Morgan fingerprint density at radius 1 is 1.26 bits per heavy atom. The molecule has 0 aromatic heterocycles. The topological polar surface area (TPSA) is 55.1 Å². The summed E-state index contributed by atoms with van der Waals surface area (Å²) in [6.45, 7) is 0.561. The number of hydrogen-bond acceptors (Lipinski definition) is 2. The molecule has 3 nitrogen and oxygen atoms in total. The first-order valence-corrected chi connectivity index (χ1v) is 6.44. The van der Waals surface area contributed by atoms with Crippen molar-refractivity contribution in [3.05, 3.63) is 63.9 Å². The molecule has 0 aliphatic rings. The van der Waals surface area contributed by atoms with Gasteiger partial charge in [0.15, 0.2) is 0 Å². The smallest absolute Gasteiger partial charge is 0.251 e. The zero-order valence-corrected chi connectivity index (χ0v) is 11.6. The van der Waals surface area contributed by atoms with Crippen LogP contribution in [0.4, 0.5) is 10.1 Å². The summed E-state index contributed by atoms with van der Waals surface area (Å²) >= 11 is 3.45. The van der Waals surface area contributed by atoms with Crippen molar-refractivity contribution in [2.75, 3.05) is 5.32 Å². The van der Waals surface area contributed by atoms with Crippen molar-refractivity contribution < 1.29 is 9.18 Å². The van der Waals surface area contributed by atoms with E-state index in [0.717, 1.165) is 10.0 Å². The summed E-state index contributed by atoms with van der Waals surface area (Å²) in [7, 11) is 0. The number of anilines is 1. The van der Waals surface area contributed by atoms with Crippen LogP contribution >= 0.6 is 15.9 Å². The average Bonchev–Trinajstić information content (AvgIpc) is 2.39. The molecule has 0 saturated carbocycles. The second-order valence-electron chi connectivity index (χ2n) is 4.00. The number of nitrogens with one attached hydrogen (secondary N) is 1. The number of rotatable bonds is 4. The van der Waals surface area contributed by atoms with E-state index in [1.165, 1.54) is 12.1 Å². The van der Waals surface area contributed by atoms with E-state index in [4.69, 9.17) is 5.73 Å². The van der Waals surface area contributed by atoms with E-state index < -0.39 is 11.7 Å². The van der Waals surface area contributed by atoms with Crippen LogP contribution in [0.2, 0.25) is 0 Å². The maximum atomic E-state index is 13.3. The minimum Gasteiger partial charge on any atom is -0.381 e. The third kappa shape index (κ3) is 3.32. The molecule has 3 N–H and O–H groups in total. The molecule has 0 radical (unpaired) electrons.